The second kappa shape index (κ2) is 7.21. The number of hydrogen-bond acceptors (Lipinski definition) is 4. The van der Waals surface area contributed by atoms with Crippen molar-refractivity contribution < 1.29 is 32.2 Å². The lowest BCUT2D eigenvalue weighted by molar-refractivity contribution is -0.265. The van der Waals surface area contributed by atoms with Gasteiger partial charge in [0.2, 0.25) is 5.60 Å². The van der Waals surface area contributed by atoms with Crippen molar-refractivity contribution in [3.8, 4) is 0 Å². The highest BCUT2D eigenvalue weighted by Crippen LogP contribution is 2.54. The number of fused-ring (bicyclic) bond motifs is 2. The summed E-state index contributed by atoms with van der Waals surface area (Å²) in [4.78, 5) is 11.9. The van der Waals surface area contributed by atoms with Crippen LogP contribution in [-0.2, 0) is 14.2 Å². The highest BCUT2D eigenvalue weighted by Gasteiger charge is 2.59. The van der Waals surface area contributed by atoms with Gasteiger partial charge < -0.3 is 14.2 Å². The minimum absolute atomic E-state index is 0.119. The molecule has 0 heterocycles. The fraction of sp³-hybridized carbons (Fsp3) is 0.947. The summed E-state index contributed by atoms with van der Waals surface area (Å²) in [6.45, 7) is 9.65. The Labute approximate surface area is 153 Å². The van der Waals surface area contributed by atoms with Gasteiger partial charge in [0.1, 0.15) is 5.60 Å². The molecule has 0 aliphatic heterocycles. The summed E-state index contributed by atoms with van der Waals surface area (Å²) in [6.07, 6.45) is -3.54. The number of alkyl halides is 3. The first-order valence-corrected chi connectivity index (χ1v) is 9.34. The number of hydrogen-bond donors (Lipinski definition) is 0. The molecule has 2 saturated carbocycles. The van der Waals surface area contributed by atoms with Crippen LogP contribution in [0.4, 0.5) is 18.0 Å². The molecule has 2 fully saturated rings. The minimum Gasteiger partial charge on any atom is -0.429 e. The summed E-state index contributed by atoms with van der Waals surface area (Å²) in [7, 11) is 0. The van der Waals surface area contributed by atoms with Gasteiger partial charge in [0.15, 0.2) is 0 Å². The molecular weight excluding hydrogens is 349 g/mol. The molecule has 2 bridgehead atoms. The van der Waals surface area contributed by atoms with Gasteiger partial charge in [-0.2, -0.15) is 13.2 Å². The Kier molecular flexibility index (Phi) is 5.91. The van der Waals surface area contributed by atoms with Crippen molar-refractivity contribution in [3.05, 3.63) is 0 Å². The van der Waals surface area contributed by atoms with Crippen LogP contribution in [0.15, 0.2) is 0 Å². The number of ether oxygens (including phenoxy) is 3. The van der Waals surface area contributed by atoms with Crippen LogP contribution in [0.2, 0.25) is 0 Å². The first-order valence-electron chi connectivity index (χ1n) is 9.34. The van der Waals surface area contributed by atoms with E-state index in [1.54, 1.807) is 20.8 Å². The van der Waals surface area contributed by atoms with E-state index in [0.717, 1.165) is 19.8 Å². The molecule has 0 aromatic rings. The average Bonchev–Trinajstić information content (AvgIpc) is 2.93. The van der Waals surface area contributed by atoms with E-state index in [0.29, 0.717) is 12.3 Å². The highest BCUT2D eigenvalue weighted by atomic mass is 19.4. The second-order valence-corrected chi connectivity index (χ2v) is 9.21. The van der Waals surface area contributed by atoms with E-state index in [-0.39, 0.29) is 30.5 Å². The first kappa shape index (κ1) is 21.3. The first-order chi connectivity index (χ1) is 11.7. The maximum Gasteiger partial charge on any atom is 0.509 e. The van der Waals surface area contributed by atoms with Crippen molar-refractivity contribution in [2.45, 2.75) is 96.8 Å². The fourth-order valence-corrected chi connectivity index (χ4v) is 4.28. The van der Waals surface area contributed by atoms with Gasteiger partial charge in [-0.1, -0.05) is 0 Å². The lowest BCUT2D eigenvalue weighted by Gasteiger charge is -2.37. The van der Waals surface area contributed by atoms with Gasteiger partial charge in [0.25, 0.3) is 0 Å². The van der Waals surface area contributed by atoms with E-state index in [4.69, 9.17) is 14.2 Å². The molecule has 2 rings (SSSR count). The monoisotopic (exact) mass is 380 g/mol. The highest BCUT2D eigenvalue weighted by molar-refractivity contribution is 5.61. The number of rotatable bonds is 5. The SMILES string of the molecule is CC(C)OC1CC2CC1CC2CC(C)(OC(=O)OC(C)(C)C)C(F)(F)F. The van der Waals surface area contributed by atoms with Gasteiger partial charge in [0.05, 0.1) is 12.2 Å². The Morgan fingerprint density at radius 2 is 1.62 bits per heavy atom. The van der Waals surface area contributed by atoms with Crippen LogP contribution in [0.1, 0.15) is 67.2 Å². The fourth-order valence-electron chi connectivity index (χ4n) is 4.28. The molecule has 26 heavy (non-hydrogen) atoms. The van der Waals surface area contributed by atoms with Crippen molar-refractivity contribution in [1.29, 1.82) is 0 Å². The van der Waals surface area contributed by atoms with Crippen LogP contribution in [0.3, 0.4) is 0 Å². The zero-order chi connectivity index (χ0) is 19.9. The van der Waals surface area contributed by atoms with Crippen LogP contribution < -0.4 is 0 Å². The standard InChI is InChI=1S/C19H31F3O4/c1-11(2)24-15-9-12-7-13(15)8-14(12)10-18(6,19(20,21)22)26-16(23)25-17(3,4)5/h11-15H,7-10H2,1-6H3. The molecule has 152 valence electrons. The van der Waals surface area contributed by atoms with Crippen molar-refractivity contribution in [1.82, 2.24) is 0 Å². The van der Waals surface area contributed by atoms with Crippen LogP contribution in [0, 0.1) is 17.8 Å². The molecule has 0 aromatic heterocycles. The Hall–Kier alpha value is -0.980. The normalized spacial score (nSPS) is 31.2. The molecule has 0 N–H and O–H groups in total. The number of halogens is 3. The molecular formula is C19H31F3O4. The summed E-state index contributed by atoms with van der Waals surface area (Å²) in [5.41, 5.74) is -3.45. The minimum atomic E-state index is -4.65. The average molecular weight is 380 g/mol. The summed E-state index contributed by atoms with van der Waals surface area (Å²) >= 11 is 0. The topological polar surface area (TPSA) is 44.8 Å². The van der Waals surface area contributed by atoms with Gasteiger partial charge >= 0.3 is 12.3 Å². The third-order valence-electron chi connectivity index (χ3n) is 5.33. The van der Waals surface area contributed by atoms with E-state index in [2.05, 4.69) is 0 Å². The summed E-state index contributed by atoms with van der Waals surface area (Å²) in [5.74, 6) is 0.361. The maximum absolute atomic E-state index is 13.7. The zero-order valence-electron chi connectivity index (χ0n) is 16.5. The van der Waals surface area contributed by atoms with Gasteiger partial charge in [0, 0.05) is 0 Å². The lowest BCUT2D eigenvalue weighted by Crippen LogP contribution is -2.49. The Morgan fingerprint density at radius 3 is 2.04 bits per heavy atom. The molecule has 0 amide bonds. The molecule has 0 radical (unpaired) electrons. The second-order valence-electron chi connectivity index (χ2n) is 9.21. The Morgan fingerprint density at radius 1 is 1.00 bits per heavy atom. The molecule has 0 spiro atoms. The Balaban J connectivity index is 2.03. The molecule has 0 aromatic carbocycles. The van der Waals surface area contributed by atoms with Crippen LogP contribution >= 0.6 is 0 Å². The molecule has 5 atom stereocenters. The third-order valence-corrected chi connectivity index (χ3v) is 5.33. The maximum atomic E-state index is 13.7. The van der Waals surface area contributed by atoms with E-state index >= 15 is 0 Å². The van der Waals surface area contributed by atoms with E-state index in [9.17, 15) is 18.0 Å². The molecule has 0 saturated heterocycles. The van der Waals surface area contributed by atoms with Crippen LogP contribution in [0.5, 0.6) is 0 Å². The smallest absolute Gasteiger partial charge is 0.429 e. The number of carbonyl (C=O) groups is 1. The molecule has 7 heteroatoms. The van der Waals surface area contributed by atoms with E-state index in [1.165, 1.54) is 0 Å². The lowest BCUT2D eigenvalue weighted by atomic mass is 9.79. The van der Waals surface area contributed by atoms with Crippen molar-refractivity contribution in [2.75, 3.05) is 0 Å². The van der Waals surface area contributed by atoms with Crippen LogP contribution in [0.25, 0.3) is 0 Å². The molecule has 2 aliphatic carbocycles. The summed E-state index contributed by atoms with van der Waals surface area (Å²) < 4.78 is 56.7. The van der Waals surface area contributed by atoms with E-state index < -0.39 is 23.5 Å². The molecule has 2 aliphatic rings. The predicted molar refractivity (Wildman–Crippen MR) is 90.7 cm³/mol. The summed E-state index contributed by atoms with van der Waals surface area (Å²) in [5, 5.41) is 0. The van der Waals surface area contributed by atoms with Gasteiger partial charge in [-0.05, 0) is 85.0 Å². The van der Waals surface area contributed by atoms with E-state index in [1.807, 2.05) is 13.8 Å². The Bertz CT molecular complexity index is 512. The zero-order valence-corrected chi connectivity index (χ0v) is 16.5. The van der Waals surface area contributed by atoms with Crippen molar-refractivity contribution >= 4 is 6.16 Å². The third kappa shape index (κ3) is 5.05. The van der Waals surface area contributed by atoms with Crippen LogP contribution in [-0.4, -0.2) is 35.7 Å². The predicted octanol–water partition coefficient (Wildman–Crippen LogP) is 5.49. The summed E-state index contributed by atoms with van der Waals surface area (Å²) in [6, 6.07) is 0. The quantitative estimate of drug-likeness (QED) is 0.592. The van der Waals surface area contributed by atoms with Gasteiger partial charge in [-0.15, -0.1) is 0 Å². The van der Waals surface area contributed by atoms with Crippen molar-refractivity contribution in [2.24, 2.45) is 17.8 Å². The number of carbonyl (C=O) groups excluding carboxylic acids is 1. The molecule has 4 nitrogen and oxygen atoms in total. The molecule has 5 unspecified atom stereocenters. The largest absolute Gasteiger partial charge is 0.509 e. The van der Waals surface area contributed by atoms with Crippen molar-refractivity contribution in [3.63, 3.8) is 0 Å². The van der Waals surface area contributed by atoms with Gasteiger partial charge in [-0.25, -0.2) is 4.79 Å². The van der Waals surface area contributed by atoms with Gasteiger partial charge in [-0.3, -0.25) is 0 Å².